The van der Waals surface area contributed by atoms with Crippen molar-refractivity contribution in [2.24, 2.45) is 71.0 Å². The summed E-state index contributed by atoms with van der Waals surface area (Å²) in [5, 5.41) is 0. The number of hydrogen-bond acceptors (Lipinski definition) is 0. The van der Waals surface area contributed by atoms with E-state index in [1.54, 1.807) is 128 Å². The molecule has 0 saturated heterocycles. The monoisotopic (exact) mass is 475 g/mol. The Morgan fingerprint density at radius 1 is 0.212 bits per heavy atom. The summed E-state index contributed by atoms with van der Waals surface area (Å²) in [5.41, 5.74) is 0. The maximum atomic E-state index is 1.61. The van der Waals surface area contributed by atoms with Crippen LogP contribution in [-0.2, 0) is 0 Å². The third kappa shape index (κ3) is 4.59. The van der Waals surface area contributed by atoms with E-state index in [1.807, 2.05) is 0 Å². The molecule has 8 aliphatic rings. The van der Waals surface area contributed by atoms with Crippen molar-refractivity contribution in [3.63, 3.8) is 0 Å². The van der Waals surface area contributed by atoms with Crippen molar-refractivity contribution >= 4 is 0 Å². The summed E-state index contributed by atoms with van der Waals surface area (Å²) in [6, 6.07) is 0. The van der Waals surface area contributed by atoms with Crippen LogP contribution in [0.2, 0.25) is 0 Å². The molecule has 0 aromatic rings. The summed E-state index contributed by atoms with van der Waals surface area (Å²) in [5.74, 6) is 14.1. The van der Waals surface area contributed by atoms with Crippen LogP contribution in [0.4, 0.5) is 0 Å². The Bertz CT molecular complexity index is 497. The molecule has 8 unspecified atom stereocenters. The van der Waals surface area contributed by atoms with Gasteiger partial charge in [0.1, 0.15) is 0 Å². The van der Waals surface area contributed by atoms with Crippen LogP contribution < -0.4 is 51.4 Å². The van der Waals surface area contributed by atoms with E-state index in [0.717, 1.165) is 0 Å². The van der Waals surface area contributed by atoms with Crippen molar-refractivity contribution in [2.75, 3.05) is 0 Å². The second-order valence-electron chi connectivity index (χ2n) is 14.4. The van der Waals surface area contributed by atoms with Crippen LogP contribution in [-0.4, -0.2) is 0 Å². The van der Waals surface area contributed by atoms with Crippen LogP contribution in [0.1, 0.15) is 128 Å². The van der Waals surface area contributed by atoms with Crippen LogP contribution in [0.5, 0.6) is 0 Å². The van der Waals surface area contributed by atoms with Crippen LogP contribution >= 0.6 is 0 Å². The van der Waals surface area contributed by atoms with Crippen LogP contribution in [0, 0.1) is 71.0 Å². The van der Waals surface area contributed by atoms with Crippen molar-refractivity contribution in [1.82, 2.24) is 0 Å². The Hall–Kier alpha value is 1.64. The zero-order chi connectivity index (χ0) is 21.1. The Kier molecular flexibility index (Phi) is 8.15. The zero-order valence-corrected chi connectivity index (χ0v) is 25.2. The quantitative estimate of drug-likeness (QED) is 0.362. The summed E-state index contributed by atoms with van der Waals surface area (Å²) in [7, 11) is 0. The molecule has 0 nitrogen and oxygen atoms in total. The standard InChI is InChI=1S/2C16H26.K/c2*1-3-11-7-9-13-5-2-6-14-10-8-12(4-1)15(11)16(13)14;/h2*11-16H,1-10H2;/q;;+1. The summed E-state index contributed by atoms with van der Waals surface area (Å²) < 4.78 is 0. The Balaban J connectivity index is 0.000000121. The molecule has 0 bridgehead atoms. The fourth-order valence-electron chi connectivity index (χ4n) is 12.6. The molecule has 0 amide bonds. The van der Waals surface area contributed by atoms with Gasteiger partial charge in [-0.25, -0.2) is 0 Å². The first kappa shape index (κ1) is 24.9. The molecule has 0 N–H and O–H groups in total. The van der Waals surface area contributed by atoms with E-state index < -0.39 is 0 Å². The van der Waals surface area contributed by atoms with Gasteiger partial charge >= 0.3 is 51.4 Å². The average molecular weight is 476 g/mol. The molecular formula is C32H52K+. The molecule has 33 heavy (non-hydrogen) atoms. The molecule has 0 aromatic heterocycles. The van der Waals surface area contributed by atoms with Crippen molar-refractivity contribution in [3.05, 3.63) is 0 Å². The van der Waals surface area contributed by atoms with Gasteiger partial charge in [-0.15, -0.1) is 0 Å². The summed E-state index contributed by atoms with van der Waals surface area (Å²) in [4.78, 5) is 0. The second-order valence-corrected chi connectivity index (χ2v) is 14.4. The van der Waals surface area contributed by atoms with Gasteiger partial charge in [0, 0.05) is 0 Å². The predicted molar refractivity (Wildman–Crippen MR) is 134 cm³/mol. The summed E-state index contributed by atoms with van der Waals surface area (Å²) >= 11 is 0. The molecule has 8 saturated carbocycles. The number of hydrogen-bond donors (Lipinski definition) is 0. The molecule has 8 fully saturated rings. The van der Waals surface area contributed by atoms with Gasteiger partial charge in [-0.3, -0.25) is 0 Å². The molecule has 0 heterocycles. The van der Waals surface area contributed by atoms with E-state index in [0.29, 0.717) is 0 Å². The van der Waals surface area contributed by atoms with Gasteiger partial charge < -0.3 is 0 Å². The normalized spacial score (nSPS) is 53.8. The minimum atomic E-state index is 0. The van der Waals surface area contributed by atoms with Crippen molar-refractivity contribution in [2.45, 2.75) is 128 Å². The molecule has 1 heteroatoms. The molecule has 8 aliphatic carbocycles. The molecule has 0 spiro atoms. The van der Waals surface area contributed by atoms with Crippen LogP contribution in [0.3, 0.4) is 0 Å². The van der Waals surface area contributed by atoms with Crippen LogP contribution in [0.25, 0.3) is 0 Å². The minimum absolute atomic E-state index is 0. The Labute approximate surface area is 248 Å². The van der Waals surface area contributed by atoms with Crippen LogP contribution in [0.15, 0.2) is 0 Å². The van der Waals surface area contributed by atoms with Gasteiger partial charge in [-0.1, -0.05) is 77.0 Å². The Morgan fingerprint density at radius 3 is 0.515 bits per heavy atom. The second kappa shape index (κ2) is 10.8. The smallest absolute Gasteiger partial charge is 0.0528 e. The van der Waals surface area contributed by atoms with Crippen molar-refractivity contribution in [1.29, 1.82) is 0 Å². The van der Waals surface area contributed by atoms with Crippen molar-refractivity contribution in [3.8, 4) is 0 Å². The van der Waals surface area contributed by atoms with Gasteiger partial charge in [0.25, 0.3) is 0 Å². The fourth-order valence-corrected chi connectivity index (χ4v) is 12.6. The molecule has 0 aliphatic heterocycles. The largest absolute Gasteiger partial charge is 1.00 e. The SMILES string of the molecule is C1CC2CCC3CCCC4CCC(C1)C2C34.C1CC2CCC3CCCC4CCC(C1)C2C34.[K+]. The molecule has 180 valence electrons. The van der Waals surface area contributed by atoms with Crippen molar-refractivity contribution < 1.29 is 51.4 Å². The Morgan fingerprint density at radius 2 is 0.364 bits per heavy atom. The van der Waals surface area contributed by atoms with E-state index in [1.165, 1.54) is 71.0 Å². The first-order chi connectivity index (χ1) is 15.9. The first-order valence-corrected chi connectivity index (χ1v) is 15.9. The van der Waals surface area contributed by atoms with Gasteiger partial charge in [-0.05, 0) is 122 Å². The molecule has 0 radical (unpaired) electrons. The predicted octanol–water partition coefficient (Wildman–Crippen LogP) is 6.28. The minimum Gasteiger partial charge on any atom is -0.0528 e. The molecule has 8 rings (SSSR count). The van der Waals surface area contributed by atoms with E-state index in [9.17, 15) is 0 Å². The fraction of sp³-hybridized carbons (Fsp3) is 1.00. The first-order valence-electron chi connectivity index (χ1n) is 15.9. The van der Waals surface area contributed by atoms with E-state index in [4.69, 9.17) is 0 Å². The van der Waals surface area contributed by atoms with E-state index in [2.05, 4.69) is 0 Å². The van der Waals surface area contributed by atoms with E-state index in [-0.39, 0.29) is 51.4 Å². The van der Waals surface area contributed by atoms with E-state index >= 15 is 0 Å². The maximum absolute atomic E-state index is 1.61. The third-order valence-electron chi connectivity index (χ3n) is 13.5. The summed E-state index contributed by atoms with van der Waals surface area (Å²) in [6.45, 7) is 0. The summed E-state index contributed by atoms with van der Waals surface area (Å²) in [6.07, 6.45) is 31.9. The zero-order valence-electron chi connectivity index (χ0n) is 22.1. The average Bonchev–Trinajstić information content (AvgIpc) is 2.87. The maximum Gasteiger partial charge on any atom is 1.00 e. The van der Waals surface area contributed by atoms with Gasteiger partial charge in [0.2, 0.25) is 0 Å². The number of rotatable bonds is 0. The van der Waals surface area contributed by atoms with Gasteiger partial charge in [0.15, 0.2) is 0 Å². The van der Waals surface area contributed by atoms with Gasteiger partial charge in [-0.2, -0.15) is 0 Å². The molecular weight excluding hydrogens is 423 g/mol. The van der Waals surface area contributed by atoms with Gasteiger partial charge in [0.05, 0.1) is 0 Å². The topological polar surface area (TPSA) is 0 Å². The molecule has 0 aromatic carbocycles. The third-order valence-corrected chi connectivity index (χ3v) is 13.5. The molecule has 8 atom stereocenters.